The molecule has 2 aliphatic rings. The summed E-state index contributed by atoms with van der Waals surface area (Å²) in [6.45, 7) is 3.80. The molecule has 0 aliphatic carbocycles. The van der Waals surface area contributed by atoms with Crippen LogP contribution in [0, 0.1) is 0 Å². The van der Waals surface area contributed by atoms with Crippen LogP contribution in [0.1, 0.15) is 23.2 Å². The number of hydrogen-bond acceptors (Lipinski definition) is 3. The number of benzene rings is 1. The number of piperazine rings is 1. The Bertz CT molecular complexity index is 562. The average molecular weight is 303 g/mol. The molecule has 118 valence electrons. The summed E-state index contributed by atoms with van der Waals surface area (Å²) in [6, 6.07) is 6.66. The number of phenols is 1. The van der Waals surface area contributed by atoms with E-state index < -0.39 is 0 Å². The maximum atomic E-state index is 12.4. The third-order valence-electron chi connectivity index (χ3n) is 4.35. The number of rotatable bonds is 1. The van der Waals surface area contributed by atoms with Gasteiger partial charge in [-0.05, 0) is 25.0 Å². The van der Waals surface area contributed by atoms with Gasteiger partial charge in [-0.3, -0.25) is 4.79 Å². The lowest BCUT2D eigenvalue weighted by molar-refractivity contribution is 0.0642. The zero-order valence-electron chi connectivity index (χ0n) is 12.6. The second-order valence-corrected chi connectivity index (χ2v) is 5.77. The predicted octanol–water partition coefficient (Wildman–Crippen LogP) is 1.37. The van der Waals surface area contributed by atoms with Crippen LogP contribution in [0.15, 0.2) is 24.3 Å². The Kier molecular flexibility index (Phi) is 4.18. The summed E-state index contributed by atoms with van der Waals surface area (Å²) in [4.78, 5) is 30.1. The fourth-order valence-electron chi connectivity index (χ4n) is 3.03. The molecule has 0 aromatic heterocycles. The number of likely N-dealkylation sites (tertiary alicyclic amines) is 1. The number of phenolic OH excluding ortho intramolecular Hbond substituents is 1. The number of para-hydroxylation sites is 1. The van der Waals surface area contributed by atoms with E-state index in [-0.39, 0.29) is 17.7 Å². The number of nitrogens with zero attached hydrogens (tertiary/aromatic N) is 3. The minimum atomic E-state index is -0.175. The lowest BCUT2D eigenvalue weighted by Gasteiger charge is -2.36. The van der Waals surface area contributed by atoms with E-state index in [4.69, 9.17) is 0 Å². The molecule has 2 saturated heterocycles. The molecule has 0 bridgehead atoms. The van der Waals surface area contributed by atoms with Crippen LogP contribution in [0.25, 0.3) is 0 Å². The standard InChI is InChI=1S/C16H21N3O3/c20-14-6-2-1-5-13(14)15(21)17-9-11-19(12-10-17)16(22)18-7-3-4-8-18/h1-2,5-6,20H,3-4,7-12H2. The Labute approximate surface area is 129 Å². The monoisotopic (exact) mass is 303 g/mol. The van der Waals surface area contributed by atoms with Gasteiger partial charge in [-0.15, -0.1) is 0 Å². The number of urea groups is 1. The van der Waals surface area contributed by atoms with E-state index in [1.807, 2.05) is 9.80 Å². The molecule has 0 radical (unpaired) electrons. The molecule has 6 nitrogen and oxygen atoms in total. The SMILES string of the molecule is O=C(c1ccccc1O)N1CCN(C(=O)N2CCCC2)CC1. The fraction of sp³-hybridized carbons (Fsp3) is 0.500. The minimum Gasteiger partial charge on any atom is -0.507 e. The van der Waals surface area contributed by atoms with Gasteiger partial charge in [0.1, 0.15) is 5.75 Å². The summed E-state index contributed by atoms with van der Waals surface area (Å²) in [5.74, 6) is -0.172. The Balaban J connectivity index is 1.58. The average Bonchev–Trinajstić information content (AvgIpc) is 3.09. The number of aromatic hydroxyl groups is 1. The highest BCUT2D eigenvalue weighted by molar-refractivity contribution is 5.97. The summed E-state index contributed by atoms with van der Waals surface area (Å²) < 4.78 is 0. The van der Waals surface area contributed by atoms with Crippen LogP contribution >= 0.6 is 0 Å². The summed E-state index contributed by atoms with van der Waals surface area (Å²) in [5, 5.41) is 9.78. The van der Waals surface area contributed by atoms with Crippen molar-refractivity contribution in [2.75, 3.05) is 39.3 Å². The third-order valence-corrected chi connectivity index (χ3v) is 4.35. The van der Waals surface area contributed by atoms with Gasteiger partial charge in [-0.2, -0.15) is 0 Å². The van der Waals surface area contributed by atoms with Gasteiger partial charge in [0.15, 0.2) is 0 Å². The molecular formula is C16H21N3O3. The summed E-state index contributed by atoms with van der Waals surface area (Å²) in [6.07, 6.45) is 2.16. The van der Waals surface area contributed by atoms with Crippen LogP contribution in [0.2, 0.25) is 0 Å². The molecule has 0 atom stereocenters. The molecule has 1 aromatic rings. The molecule has 1 N–H and O–H groups in total. The number of amides is 3. The van der Waals surface area contributed by atoms with Crippen LogP contribution in [0.4, 0.5) is 4.79 Å². The second kappa shape index (κ2) is 6.25. The second-order valence-electron chi connectivity index (χ2n) is 5.77. The van der Waals surface area contributed by atoms with Crippen molar-refractivity contribution >= 4 is 11.9 Å². The molecule has 2 aliphatic heterocycles. The highest BCUT2D eigenvalue weighted by Gasteiger charge is 2.29. The van der Waals surface area contributed by atoms with Crippen molar-refractivity contribution in [1.82, 2.24) is 14.7 Å². The maximum absolute atomic E-state index is 12.4. The molecule has 0 spiro atoms. The molecule has 0 saturated carbocycles. The van der Waals surface area contributed by atoms with Crippen molar-refractivity contribution < 1.29 is 14.7 Å². The van der Waals surface area contributed by atoms with E-state index >= 15 is 0 Å². The number of carbonyl (C=O) groups is 2. The van der Waals surface area contributed by atoms with E-state index in [0.717, 1.165) is 25.9 Å². The van der Waals surface area contributed by atoms with Gasteiger partial charge < -0.3 is 19.8 Å². The molecular weight excluding hydrogens is 282 g/mol. The zero-order chi connectivity index (χ0) is 15.5. The van der Waals surface area contributed by atoms with Gasteiger partial charge in [0.2, 0.25) is 0 Å². The molecule has 3 rings (SSSR count). The van der Waals surface area contributed by atoms with Crippen LogP contribution in [0.3, 0.4) is 0 Å². The van der Waals surface area contributed by atoms with Gasteiger partial charge in [0.25, 0.3) is 5.91 Å². The molecule has 22 heavy (non-hydrogen) atoms. The maximum Gasteiger partial charge on any atom is 0.320 e. The molecule has 6 heteroatoms. The van der Waals surface area contributed by atoms with Crippen LogP contribution in [-0.2, 0) is 0 Å². The fourth-order valence-corrected chi connectivity index (χ4v) is 3.03. The third kappa shape index (κ3) is 2.86. The van der Waals surface area contributed by atoms with Crippen molar-refractivity contribution in [2.45, 2.75) is 12.8 Å². The van der Waals surface area contributed by atoms with Crippen molar-refractivity contribution in [1.29, 1.82) is 0 Å². The van der Waals surface area contributed by atoms with Crippen LogP contribution in [-0.4, -0.2) is 71.0 Å². The van der Waals surface area contributed by atoms with Gasteiger partial charge in [0.05, 0.1) is 5.56 Å². The summed E-state index contributed by atoms with van der Waals surface area (Å²) >= 11 is 0. The van der Waals surface area contributed by atoms with Gasteiger partial charge in [0, 0.05) is 39.3 Å². The lowest BCUT2D eigenvalue weighted by atomic mass is 10.1. The van der Waals surface area contributed by atoms with E-state index in [1.165, 1.54) is 6.07 Å². The first-order valence-electron chi connectivity index (χ1n) is 7.78. The van der Waals surface area contributed by atoms with E-state index in [1.54, 1.807) is 23.1 Å². The first kappa shape index (κ1) is 14.7. The predicted molar refractivity (Wildman–Crippen MR) is 81.8 cm³/mol. The van der Waals surface area contributed by atoms with Crippen molar-refractivity contribution in [3.8, 4) is 5.75 Å². The van der Waals surface area contributed by atoms with Crippen LogP contribution in [0.5, 0.6) is 5.75 Å². The van der Waals surface area contributed by atoms with Crippen molar-refractivity contribution in [3.63, 3.8) is 0 Å². The molecule has 1 aromatic carbocycles. The quantitative estimate of drug-likeness (QED) is 0.852. The van der Waals surface area contributed by atoms with Crippen molar-refractivity contribution in [2.24, 2.45) is 0 Å². The molecule has 0 unspecified atom stereocenters. The van der Waals surface area contributed by atoms with E-state index in [2.05, 4.69) is 0 Å². The normalized spacial score (nSPS) is 18.6. The Morgan fingerprint density at radius 2 is 1.36 bits per heavy atom. The highest BCUT2D eigenvalue weighted by Crippen LogP contribution is 2.19. The van der Waals surface area contributed by atoms with Gasteiger partial charge >= 0.3 is 6.03 Å². The Morgan fingerprint density at radius 3 is 2.00 bits per heavy atom. The number of hydrogen-bond donors (Lipinski definition) is 1. The molecule has 2 heterocycles. The van der Waals surface area contributed by atoms with E-state index in [9.17, 15) is 14.7 Å². The summed E-state index contributed by atoms with van der Waals surface area (Å²) in [5.41, 5.74) is 0.321. The molecule has 2 fully saturated rings. The Hall–Kier alpha value is -2.24. The lowest BCUT2D eigenvalue weighted by Crippen LogP contribution is -2.53. The summed E-state index contributed by atoms with van der Waals surface area (Å²) in [7, 11) is 0. The Morgan fingerprint density at radius 1 is 0.818 bits per heavy atom. The van der Waals surface area contributed by atoms with E-state index in [0.29, 0.717) is 31.7 Å². The van der Waals surface area contributed by atoms with Gasteiger partial charge in [-0.1, -0.05) is 12.1 Å². The molecule has 3 amide bonds. The first-order chi connectivity index (χ1) is 10.7. The van der Waals surface area contributed by atoms with Gasteiger partial charge in [-0.25, -0.2) is 4.79 Å². The topological polar surface area (TPSA) is 64.1 Å². The smallest absolute Gasteiger partial charge is 0.320 e. The first-order valence-corrected chi connectivity index (χ1v) is 7.78. The number of carbonyl (C=O) groups excluding carboxylic acids is 2. The zero-order valence-corrected chi connectivity index (χ0v) is 12.6. The minimum absolute atomic E-state index is 0.00285. The van der Waals surface area contributed by atoms with Crippen LogP contribution < -0.4 is 0 Å². The largest absolute Gasteiger partial charge is 0.507 e. The highest BCUT2D eigenvalue weighted by atomic mass is 16.3. The van der Waals surface area contributed by atoms with Crippen molar-refractivity contribution in [3.05, 3.63) is 29.8 Å².